The molecule has 0 N–H and O–H groups in total. The van der Waals surface area contributed by atoms with Crippen LogP contribution in [-0.4, -0.2) is 37.5 Å². The van der Waals surface area contributed by atoms with Crippen LogP contribution in [0.25, 0.3) is 0 Å². The Morgan fingerprint density at radius 3 is 2.44 bits per heavy atom. The molecule has 0 saturated carbocycles. The number of benzene rings is 1. The van der Waals surface area contributed by atoms with Gasteiger partial charge in [-0.1, -0.05) is 37.6 Å². The Labute approximate surface area is 152 Å². The summed E-state index contributed by atoms with van der Waals surface area (Å²) in [6.07, 6.45) is 1.35. The van der Waals surface area contributed by atoms with Gasteiger partial charge in [0.2, 0.25) is 10.0 Å². The summed E-state index contributed by atoms with van der Waals surface area (Å²) >= 11 is 6.27. The molecule has 0 atom stereocenters. The molecule has 8 heteroatoms. The average Bonchev–Trinajstić information content (AvgIpc) is 2.59. The molecular weight excluding hydrogens is 364 g/mol. The van der Waals surface area contributed by atoms with E-state index in [0.717, 1.165) is 0 Å². The van der Waals surface area contributed by atoms with Crippen molar-refractivity contribution in [3.8, 4) is 5.75 Å². The van der Waals surface area contributed by atoms with Gasteiger partial charge in [-0.15, -0.1) is 0 Å². The molecule has 2 rings (SSSR count). The van der Waals surface area contributed by atoms with Crippen LogP contribution in [0.3, 0.4) is 0 Å². The first-order valence-corrected chi connectivity index (χ1v) is 9.69. The largest absolute Gasteiger partial charge is 0.495 e. The van der Waals surface area contributed by atoms with Crippen LogP contribution in [-0.2, 0) is 16.6 Å². The number of hydrogen-bond acceptors (Lipinski definition) is 4. The van der Waals surface area contributed by atoms with E-state index >= 15 is 0 Å². The zero-order chi connectivity index (χ0) is 18.6. The molecule has 0 radical (unpaired) electrons. The molecule has 1 aromatic heterocycles. The van der Waals surface area contributed by atoms with Crippen LogP contribution in [0, 0.1) is 0 Å². The van der Waals surface area contributed by atoms with E-state index in [1.807, 2.05) is 0 Å². The number of aromatic nitrogens is 1. The van der Waals surface area contributed by atoms with E-state index in [4.69, 9.17) is 16.3 Å². The van der Waals surface area contributed by atoms with Crippen LogP contribution < -0.4 is 10.3 Å². The summed E-state index contributed by atoms with van der Waals surface area (Å²) in [7, 11) is -2.13. The Kier molecular flexibility index (Phi) is 6.26. The van der Waals surface area contributed by atoms with Crippen molar-refractivity contribution >= 4 is 21.6 Å². The topological polar surface area (TPSA) is 68.6 Å². The minimum absolute atomic E-state index is 0.0785. The highest BCUT2D eigenvalue weighted by atomic mass is 35.5. The summed E-state index contributed by atoms with van der Waals surface area (Å²) in [5.41, 5.74) is 0.359. The van der Waals surface area contributed by atoms with E-state index in [9.17, 15) is 13.2 Å². The summed E-state index contributed by atoms with van der Waals surface area (Å²) < 4.78 is 33.1. The molecule has 2 aromatic rings. The van der Waals surface area contributed by atoms with E-state index in [1.165, 1.54) is 34.3 Å². The van der Waals surface area contributed by atoms with Gasteiger partial charge in [0.25, 0.3) is 5.56 Å². The van der Waals surface area contributed by atoms with Crippen LogP contribution in [0.15, 0.2) is 46.2 Å². The monoisotopic (exact) mass is 384 g/mol. The fourth-order valence-corrected chi connectivity index (χ4v) is 4.26. The second-order valence-electron chi connectivity index (χ2n) is 5.35. The SMILES string of the molecule is CCN(CC)S(=O)(=O)c1ccc(=O)n(Cc2cccc(OC)c2Cl)c1. The molecule has 1 heterocycles. The lowest BCUT2D eigenvalue weighted by atomic mass is 10.2. The molecule has 0 fully saturated rings. The first-order valence-electron chi connectivity index (χ1n) is 7.87. The number of rotatable bonds is 7. The van der Waals surface area contributed by atoms with Crippen molar-refractivity contribution in [1.29, 1.82) is 0 Å². The second kappa shape index (κ2) is 8.03. The number of nitrogens with zero attached hydrogens (tertiary/aromatic N) is 2. The van der Waals surface area contributed by atoms with Gasteiger partial charge in [-0.25, -0.2) is 8.42 Å². The smallest absolute Gasteiger partial charge is 0.250 e. The molecule has 136 valence electrons. The van der Waals surface area contributed by atoms with E-state index in [-0.39, 0.29) is 17.0 Å². The lowest BCUT2D eigenvalue weighted by Crippen LogP contribution is -2.32. The molecule has 25 heavy (non-hydrogen) atoms. The first-order chi connectivity index (χ1) is 11.8. The van der Waals surface area contributed by atoms with Gasteiger partial charge in [0.15, 0.2) is 0 Å². The van der Waals surface area contributed by atoms with Crippen molar-refractivity contribution < 1.29 is 13.2 Å². The molecule has 0 aliphatic heterocycles. The fraction of sp³-hybridized carbons (Fsp3) is 0.353. The van der Waals surface area contributed by atoms with Crippen molar-refractivity contribution in [2.45, 2.75) is 25.3 Å². The van der Waals surface area contributed by atoms with Gasteiger partial charge in [-0.2, -0.15) is 4.31 Å². The van der Waals surface area contributed by atoms with Crippen molar-refractivity contribution in [1.82, 2.24) is 8.87 Å². The van der Waals surface area contributed by atoms with Crippen LogP contribution in [0.5, 0.6) is 5.75 Å². The summed E-state index contributed by atoms with van der Waals surface area (Å²) in [5, 5.41) is 0.397. The molecule has 0 aliphatic carbocycles. The maximum atomic E-state index is 12.6. The fourth-order valence-electron chi connectivity index (χ4n) is 2.52. The van der Waals surface area contributed by atoms with Crippen molar-refractivity contribution in [3.63, 3.8) is 0 Å². The van der Waals surface area contributed by atoms with Gasteiger partial charge in [0.1, 0.15) is 5.75 Å². The van der Waals surface area contributed by atoms with Crippen LogP contribution >= 0.6 is 11.6 Å². The maximum Gasteiger partial charge on any atom is 0.250 e. The summed E-state index contributed by atoms with van der Waals surface area (Å²) in [6.45, 7) is 4.41. The van der Waals surface area contributed by atoms with E-state index in [1.54, 1.807) is 32.0 Å². The minimum atomic E-state index is -3.64. The highest BCUT2D eigenvalue weighted by Gasteiger charge is 2.22. The number of sulfonamides is 1. The Hall–Kier alpha value is -1.83. The Bertz CT molecular complexity index is 905. The normalized spacial score (nSPS) is 11.7. The number of halogens is 1. The molecule has 0 aliphatic rings. The van der Waals surface area contributed by atoms with Crippen molar-refractivity contribution in [2.75, 3.05) is 20.2 Å². The summed E-state index contributed by atoms with van der Waals surface area (Å²) in [5.74, 6) is 0.499. The highest BCUT2D eigenvalue weighted by molar-refractivity contribution is 7.89. The molecule has 0 amide bonds. The Balaban J connectivity index is 2.46. The molecule has 0 unspecified atom stereocenters. The number of pyridine rings is 1. The molecule has 0 bridgehead atoms. The minimum Gasteiger partial charge on any atom is -0.495 e. The van der Waals surface area contributed by atoms with Gasteiger partial charge in [0, 0.05) is 25.4 Å². The highest BCUT2D eigenvalue weighted by Crippen LogP contribution is 2.28. The standard InChI is InChI=1S/C17H21ClN2O4S/c1-4-20(5-2)25(22,23)14-9-10-16(21)19(12-14)11-13-7-6-8-15(24-3)17(13)18/h6-10,12H,4-5,11H2,1-3H3. The van der Waals surface area contributed by atoms with Gasteiger partial charge >= 0.3 is 0 Å². The third-order valence-electron chi connectivity index (χ3n) is 3.90. The number of methoxy groups -OCH3 is 1. The average molecular weight is 385 g/mol. The Morgan fingerprint density at radius 1 is 1.16 bits per heavy atom. The van der Waals surface area contributed by atoms with Gasteiger partial charge < -0.3 is 9.30 Å². The van der Waals surface area contributed by atoms with Crippen molar-refractivity contribution in [3.05, 3.63) is 57.5 Å². The molecule has 1 aromatic carbocycles. The van der Waals surface area contributed by atoms with Gasteiger partial charge in [0.05, 0.1) is 23.6 Å². The van der Waals surface area contributed by atoms with Gasteiger partial charge in [-0.3, -0.25) is 4.79 Å². The Morgan fingerprint density at radius 2 is 1.84 bits per heavy atom. The summed E-state index contributed by atoms with van der Waals surface area (Å²) in [4.78, 5) is 12.2. The van der Waals surface area contributed by atoms with E-state index in [0.29, 0.717) is 29.4 Å². The zero-order valence-electron chi connectivity index (χ0n) is 14.4. The third-order valence-corrected chi connectivity index (χ3v) is 6.37. The van der Waals surface area contributed by atoms with E-state index in [2.05, 4.69) is 0 Å². The zero-order valence-corrected chi connectivity index (χ0v) is 16.0. The lowest BCUT2D eigenvalue weighted by Gasteiger charge is -2.19. The molecule has 6 nitrogen and oxygen atoms in total. The van der Waals surface area contributed by atoms with Crippen molar-refractivity contribution in [2.24, 2.45) is 0 Å². The third kappa shape index (κ3) is 4.05. The molecular formula is C17H21ClN2O4S. The quantitative estimate of drug-likeness (QED) is 0.735. The molecule has 0 saturated heterocycles. The van der Waals surface area contributed by atoms with E-state index < -0.39 is 10.0 Å². The lowest BCUT2D eigenvalue weighted by molar-refractivity contribution is 0.414. The number of ether oxygens (including phenoxy) is 1. The summed E-state index contributed by atoms with van der Waals surface area (Å²) in [6, 6.07) is 7.84. The number of hydrogen-bond donors (Lipinski definition) is 0. The van der Waals surface area contributed by atoms with Gasteiger partial charge in [-0.05, 0) is 17.7 Å². The van der Waals surface area contributed by atoms with Crippen LogP contribution in [0.1, 0.15) is 19.4 Å². The molecule has 0 spiro atoms. The van der Waals surface area contributed by atoms with Crippen LogP contribution in [0.4, 0.5) is 0 Å². The predicted molar refractivity (Wildman–Crippen MR) is 97.9 cm³/mol. The van der Waals surface area contributed by atoms with Crippen LogP contribution in [0.2, 0.25) is 5.02 Å². The second-order valence-corrected chi connectivity index (χ2v) is 7.67. The first kappa shape index (κ1) is 19.5. The maximum absolute atomic E-state index is 12.6. The predicted octanol–water partition coefficient (Wildman–Crippen LogP) is 2.59.